The van der Waals surface area contributed by atoms with Crippen LogP contribution in [0.2, 0.25) is 0 Å². The van der Waals surface area contributed by atoms with Crippen molar-refractivity contribution >= 4 is 21.6 Å². The van der Waals surface area contributed by atoms with E-state index in [0.717, 1.165) is 10.6 Å². The highest BCUT2D eigenvalue weighted by atomic mass is 79.9. The van der Waals surface area contributed by atoms with E-state index in [1.165, 1.54) is 12.4 Å². The molecular weight excluding hydrogens is 339 g/mol. The molecule has 102 valence electrons. The summed E-state index contributed by atoms with van der Waals surface area (Å²) in [6, 6.07) is 3.22. The van der Waals surface area contributed by atoms with Gasteiger partial charge in [0.05, 0.1) is 12.4 Å². The third-order valence-electron chi connectivity index (χ3n) is 2.56. The Hall–Kier alpha value is -2.03. The van der Waals surface area contributed by atoms with Crippen molar-refractivity contribution in [3.05, 3.63) is 40.9 Å². The Morgan fingerprint density at radius 3 is 2.50 bits per heavy atom. The van der Waals surface area contributed by atoms with Crippen LogP contribution >= 0.6 is 15.9 Å². The minimum Gasteiger partial charge on any atom is -0.266 e. The van der Waals surface area contributed by atoms with Crippen molar-refractivity contribution in [3.63, 3.8) is 0 Å². The summed E-state index contributed by atoms with van der Waals surface area (Å²) in [6.07, 6.45) is -1.13. The average Bonchev–Trinajstić information content (AvgIpc) is 2.82. The van der Waals surface area contributed by atoms with E-state index in [4.69, 9.17) is 0 Å². The zero-order chi connectivity index (χ0) is 14.3. The van der Waals surface area contributed by atoms with E-state index in [1.807, 2.05) is 0 Å². The Morgan fingerprint density at radius 1 is 1.05 bits per heavy atom. The molecule has 3 heterocycles. The Kier molecular flexibility index (Phi) is 2.93. The van der Waals surface area contributed by atoms with Gasteiger partial charge in [-0.15, -0.1) is 10.2 Å². The van der Waals surface area contributed by atoms with Gasteiger partial charge >= 0.3 is 6.18 Å². The molecule has 0 saturated heterocycles. The first-order chi connectivity index (χ1) is 9.47. The van der Waals surface area contributed by atoms with E-state index in [1.54, 1.807) is 12.1 Å². The highest BCUT2D eigenvalue weighted by Crippen LogP contribution is 2.31. The predicted molar refractivity (Wildman–Crippen MR) is 66.7 cm³/mol. The normalized spacial score (nSPS) is 12.0. The second-order valence-corrected chi connectivity index (χ2v) is 4.78. The second-order valence-electron chi connectivity index (χ2n) is 3.87. The van der Waals surface area contributed by atoms with Crippen molar-refractivity contribution < 1.29 is 13.2 Å². The lowest BCUT2D eigenvalue weighted by Crippen LogP contribution is -2.13. The van der Waals surface area contributed by atoms with Gasteiger partial charge in [-0.05, 0) is 28.1 Å². The lowest BCUT2D eigenvalue weighted by Gasteiger charge is -2.09. The van der Waals surface area contributed by atoms with E-state index >= 15 is 0 Å². The molecule has 9 heteroatoms. The molecule has 0 unspecified atom stereocenters. The first-order valence-corrected chi connectivity index (χ1v) is 6.14. The van der Waals surface area contributed by atoms with Crippen LogP contribution in [0.15, 0.2) is 35.2 Å². The van der Waals surface area contributed by atoms with Gasteiger partial charge in [0.25, 0.3) is 0 Å². The quantitative estimate of drug-likeness (QED) is 0.681. The van der Waals surface area contributed by atoms with Crippen LogP contribution in [-0.2, 0) is 6.18 Å². The number of hydrogen-bond acceptors (Lipinski definition) is 4. The minimum atomic E-state index is -4.56. The van der Waals surface area contributed by atoms with Gasteiger partial charge in [0.2, 0.25) is 0 Å². The van der Waals surface area contributed by atoms with Crippen LogP contribution in [0.3, 0.4) is 0 Å². The molecule has 0 atom stereocenters. The molecule has 3 rings (SSSR count). The standard InChI is InChI=1S/C11H5BrF3N5/c12-6-1-2-7(17-3-6)10-19-18-9-5-16-4-8(20(9)10)11(13,14)15/h1-5H. The molecule has 0 N–H and O–H groups in total. The maximum absolute atomic E-state index is 13.0. The number of alkyl halides is 3. The van der Waals surface area contributed by atoms with Gasteiger partial charge < -0.3 is 0 Å². The zero-order valence-corrected chi connectivity index (χ0v) is 11.2. The SMILES string of the molecule is FC(F)(F)c1cncc2nnc(-c3ccc(Br)cn3)n12. The van der Waals surface area contributed by atoms with Crippen LogP contribution in [0, 0.1) is 0 Å². The summed E-state index contributed by atoms with van der Waals surface area (Å²) in [4.78, 5) is 7.57. The molecule has 0 radical (unpaired) electrons. The van der Waals surface area contributed by atoms with Crippen LogP contribution in [-0.4, -0.2) is 24.6 Å². The Balaban J connectivity index is 2.29. The monoisotopic (exact) mass is 343 g/mol. The summed E-state index contributed by atoms with van der Waals surface area (Å²) in [6.45, 7) is 0. The number of hydrogen-bond donors (Lipinski definition) is 0. The van der Waals surface area contributed by atoms with E-state index in [9.17, 15) is 13.2 Å². The summed E-state index contributed by atoms with van der Waals surface area (Å²) < 4.78 is 40.6. The summed E-state index contributed by atoms with van der Waals surface area (Å²) >= 11 is 3.21. The number of aromatic nitrogens is 5. The minimum absolute atomic E-state index is 0.0135. The highest BCUT2D eigenvalue weighted by molar-refractivity contribution is 9.10. The van der Waals surface area contributed by atoms with Gasteiger partial charge in [0.15, 0.2) is 11.5 Å². The van der Waals surface area contributed by atoms with Gasteiger partial charge in [-0.2, -0.15) is 13.2 Å². The van der Waals surface area contributed by atoms with E-state index in [-0.39, 0.29) is 17.2 Å². The number of nitrogens with zero attached hydrogens (tertiary/aromatic N) is 5. The second kappa shape index (κ2) is 4.51. The van der Waals surface area contributed by atoms with E-state index in [0.29, 0.717) is 4.47 Å². The molecule has 0 aliphatic carbocycles. The number of halogens is 4. The molecule has 0 fully saturated rings. The number of pyridine rings is 1. The third-order valence-corrected chi connectivity index (χ3v) is 3.03. The van der Waals surface area contributed by atoms with Crippen LogP contribution in [0.1, 0.15) is 5.69 Å². The van der Waals surface area contributed by atoms with Crippen molar-refractivity contribution in [1.29, 1.82) is 0 Å². The molecule has 0 spiro atoms. The van der Waals surface area contributed by atoms with Crippen molar-refractivity contribution in [1.82, 2.24) is 24.6 Å². The molecule has 0 amide bonds. The Morgan fingerprint density at radius 2 is 1.85 bits per heavy atom. The molecule has 0 aliphatic rings. The Bertz CT molecular complexity index is 766. The van der Waals surface area contributed by atoms with E-state index in [2.05, 4.69) is 36.1 Å². The number of fused-ring (bicyclic) bond motifs is 1. The number of rotatable bonds is 1. The molecular formula is C11H5BrF3N5. The van der Waals surface area contributed by atoms with Crippen molar-refractivity contribution in [3.8, 4) is 11.5 Å². The van der Waals surface area contributed by atoms with Crippen LogP contribution in [0.25, 0.3) is 17.2 Å². The maximum Gasteiger partial charge on any atom is 0.433 e. The van der Waals surface area contributed by atoms with Gasteiger partial charge in [0.1, 0.15) is 11.4 Å². The molecule has 0 bridgehead atoms. The molecule has 0 aliphatic heterocycles. The summed E-state index contributed by atoms with van der Waals surface area (Å²) in [5.41, 5.74) is -0.642. The van der Waals surface area contributed by atoms with Crippen molar-refractivity contribution in [2.24, 2.45) is 0 Å². The van der Waals surface area contributed by atoms with Gasteiger partial charge in [0, 0.05) is 10.7 Å². The van der Waals surface area contributed by atoms with Crippen molar-refractivity contribution in [2.75, 3.05) is 0 Å². The third kappa shape index (κ3) is 2.13. The average molecular weight is 344 g/mol. The fourth-order valence-corrected chi connectivity index (χ4v) is 1.96. The van der Waals surface area contributed by atoms with Gasteiger partial charge in [-0.3, -0.25) is 14.4 Å². The molecule has 3 aromatic heterocycles. The van der Waals surface area contributed by atoms with Crippen molar-refractivity contribution in [2.45, 2.75) is 6.18 Å². The Labute approximate surface area is 118 Å². The molecule has 3 aromatic rings. The summed E-state index contributed by atoms with van der Waals surface area (Å²) in [5.74, 6) is 0.0159. The molecule has 5 nitrogen and oxygen atoms in total. The smallest absolute Gasteiger partial charge is 0.266 e. The van der Waals surface area contributed by atoms with E-state index < -0.39 is 11.9 Å². The topological polar surface area (TPSA) is 56.0 Å². The molecule has 20 heavy (non-hydrogen) atoms. The molecule has 0 aromatic carbocycles. The van der Waals surface area contributed by atoms with Crippen LogP contribution in [0.4, 0.5) is 13.2 Å². The first-order valence-electron chi connectivity index (χ1n) is 5.35. The fraction of sp³-hybridized carbons (Fsp3) is 0.0909. The lowest BCUT2D eigenvalue weighted by molar-refractivity contribution is -0.142. The molecule has 0 saturated carbocycles. The van der Waals surface area contributed by atoms with Gasteiger partial charge in [-0.1, -0.05) is 0 Å². The largest absolute Gasteiger partial charge is 0.433 e. The summed E-state index contributed by atoms with van der Waals surface area (Å²) in [7, 11) is 0. The highest BCUT2D eigenvalue weighted by Gasteiger charge is 2.35. The van der Waals surface area contributed by atoms with Crippen LogP contribution in [0.5, 0.6) is 0 Å². The van der Waals surface area contributed by atoms with Gasteiger partial charge in [-0.25, -0.2) is 0 Å². The lowest BCUT2D eigenvalue weighted by atomic mass is 10.3. The fourth-order valence-electron chi connectivity index (χ4n) is 1.72. The first kappa shape index (κ1) is 13.0. The summed E-state index contributed by atoms with van der Waals surface area (Å²) in [5, 5.41) is 7.45. The maximum atomic E-state index is 13.0. The predicted octanol–water partition coefficient (Wildman–Crippen LogP) is 2.97. The van der Waals surface area contributed by atoms with Crippen LogP contribution < -0.4 is 0 Å². The zero-order valence-electron chi connectivity index (χ0n) is 9.63.